The molecule has 1 saturated heterocycles. The first-order valence-electron chi connectivity index (χ1n) is 6.33. The molecule has 1 aromatic rings. The van der Waals surface area contributed by atoms with Crippen LogP contribution in [0.2, 0.25) is 0 Å². The molecular weight excluding hydrogens is 333 g/mol. The van der Waals surface area contributed by atoms with Crippen LogP contribution in [0.1, 0.15) is 18.2 Å². The number of nitrogens with two attached hydrogens (primary N) is 1. The number of hydrogen-bond acceptors (Lipinski definition) is 5. The Hall–Kier alpha value is -1.79. The number of nitrogens with one attached hydrogen (secondary N) is 1. The largest absolute Gasteiger partial charge is 0.458 e. The van der Waals surface area contributed by atoms with E-state index in [4.69, 9.17) is 10.5 Å². The van der Waals surface area contributed by atoms with E-state index in [0.717, 1.165) is 0 Å². The van der Waals surface area contributed by atoms with Crippen molar-refractivity contribution in [3.63, 3.8) is 0 Å². The SMILES string of the molecule is NC[C@@H]1O[C@H](n2cc(C(F)(F)C(F)(F)F)c(=O)[nH]c2=O)CC1O. The van der Waals surface area contributed by atoms with Gasteiger partial charge in [-0.25, -0.2) is 4.79 Å². The second kappa shape index (κ2) is 5.69. The highest BCUT2D eigenvalue weighted by molar-refractivity contribution is 5.15. The van der Waals surface area contributed by atoms with Crippen LogP contribution in [0, 0.1) is 0 Å². The molecule has 4 N–H and O–H groups in total. The first kappa shape index (κ1) is 17.6. The lowest BCUT2D eigenvalue weighted by Gasteiger charge is -2.21. The molecule has 12 heteroatoms. The van der Waals surface area contributed by atoms with Gasteiger partial charge in [0.25, 0.3) is 5.56 Å². The highest BCUT2D eigenvalue weighted by Crippen LogP contribution is 2.42. The van der Waals surface area contributed by atoms with E-state index in [0.29, 0.717) is 4.57 Å². The number of alkyl halides is 5. The van der Waals surface area contributed by atoms with Gasteiger partial charge in [0.1, 0.15) is 11.8 Å². The number of ether oxygens (including phenoxy) is 1. The van der Waals surface area contributed by atoms with Crippen LogP contribution in [-0.2, 0) is 10.7 Å². The summed E-state index contributed by atoms with van der Waals surface area (Å²) in [6.07, 6.45) is -9.56. The standard InChI is InChI=1S/C11H12F5N3O4/c12-10(13,11(14,15)16)4-3-19(9(22)18-8(4)21)7-1-5(20)6(2-17)23-7/h3,5-7,20H,1-2,17H2,(H,18,21,22)/t5?,6-,7-/m0/s1. The second-order valence-corrected chi connectivity index (χ2v) is 4.95. The van der Waals surface area contributed by atoms with Gasteiger partial charge in [0.05, 0.1) is 12.2 Å². The van der Waals surface area contributed by atoms with Crippen molar-refractivity contribution < 1.29 is 31.8 Å². The summed E-state index contributed by atoms with van der Waals surface area (Å²) in [5.74, 6) is -5.46. The van der Waals surface area contributed by atoms with Crippen molar-refractivity contribution in [1.29, 1.82) is 0 Å². The van der Waals surface area contributed by atoms with Crippen molar-refractivity contribution in [2.24, 2.45) is 5.73 Å². The molecule has 0 amide bonds. The Labute approximate surface area is 124 Å². The molecule has 3 atom stereocenters. The minimum Gasteiger partial charge on any atom is -0.390 e. The van der Waals surface area contributed by atoms with E-state index < -0.39 is 47.3 Å². The van der Waals surface area contributed by atoms with Crippen LogP contribution in [0.3, 0.4) is 0 Å². The van der Waals surface area contributed by atoms with E-state index in [-0.39, 0.29) is 19.2 Å². The predicted octanol–water partition coefficient (Wildman–Crippen LogP) is -0.202. The Balaban J connectivity index is 2.51. The lowest BCUT2D eigenvalue weighted by Crippen LogP contribution is -2.43. The normalized spacial score (nSPS) is 25.8. The molecule has 23 heavy (non-hydrogen) atoms. The Morgan fingerprint density at radius 1 is 1.35 bits per heavy atom. The van der Waals surface area contributed by atoms with Crippen LogP contribution in [0.25, 0.3) is 0 Å². The van der Waals surface area contributed by atoms with E-state index in [1.54, 1.807) is 0 Å². The minimum atomic E-state index is -6.02. The summed E-state index contributed by atoms with van der Waals surface area (Å²) in [6.45, 7) is -0.151. The average molecular weight is 345 g/mol. The Bertz CT molecular complexity index is 698. The Kier molecular flexibility index (Phi) is 4.34. The van der Waals surface area contributed by atoms with Gasteiger partial charge in [0.15, 0.2) is 0 Å². The number of aliphatic hydroxyl groups is 1. The molecule has 1 aliphatic heterocycles. The number of H-pyrrole nitrogens is 1. The smallest absolute Gasteiger partial charge is 0.390 e. The number of halogens is 5. The molecule has 0 bridgehead atoms. The fourth-order valence-electron chi connectivity index (χ4n) is 2.17. The zero-order valence-electron chi connectivity index (χ0n) is 11.3. The van der Waals surface area contributed by atoms with Crippen molar-refractivity contribution in [1.82, 2.24) is 9.55 Å². The van der Waals surface area contributed by atoms with Crippen LogP contribution < -0.4 is 17.0 Å². The highest BCUT2D eigenvalue weighted by atomic mass is 19.4. The van der Waals surface area contributed by atoms with Crippen molar-refractivity contribution in [3.05, 3.63) is 32.6 Å². The maximum atomic E-state index is 13.4. The van der Waals surface area contributed by atoms with Gasteiger partial charge in [0.2, 0.25) is 0 Å². The molecule has 1 unspecified atom stereocenters. The molecule has 0 radical (unpaired) electrons. The van der Waals surface area contributed by atoms with Crippen molar-refractivity contribution >= 4 is 0 Å². The number of rotatable bonds is 3. The first-order valence-corrected chi connectivity index (χ1v) is 6.33. The first-order chi connectivity index (χ1) is 10.5. The summed E-state index contributed by atoms with van der Waals surface area (Å²) in [4.78, 5) is 24.4. The van der Waals surface area contributed by atoms with Gasteiger partial charge in [-0.05, 0) is 0 Å². The molecular formula is C11H12F5N3O4. The maximum absolute atomic E-state index is 13.4. The van der Waals surface area contributed by atoms with Gasteiger partial charge in [-0.2, -0.15) is 22.0 Å². The van der Waals surface area contributed by atoms with Crippen LogP contribution in [0.4, 0.5) is 22.0 Å². The molecule has 0 aromatic carbocycles. The van der Waals surface area contributed by atoms with Crippen molar-refractivity contribution in [2.45, 2.75) is 37.0 Å². The van der Waals surface area contributed by atoms with Crippen molar-refractivity contribution in [2.75, 3.05) is 6.54 Å². The lowest BCUT2D eigenvalue weighted by atomic mass is 10.1. The minimum absolute atomic E-state index is 0.0882. The molecule has 1 fully saturated rings. The number of nitrogens with zero attached hydrogens (tertiary/aromatic N) is 1. The Morgan fingerprint density at radius 3 is 2.43 bits per heavy atom. The second-order valence-electron chi connectivity index (χ2n) is 4.95. The number of aliphatic hydroxyl groups excluding tert-OH is 1. The van der Waals surface area contributed by atoms with Crippen LogP contribution in [-0.4, -0.2) is 39.6 Å². The molecule has 1 aromatic heterocycles. The Morgan fingerprint density at radius 2 is 1.96 bits per heavy atom. The van der Waals surface area contributed by atoms with E-state index in [1.807, 2.05) is 0 Å². The topological polar surface area (TPSA) is 110 Å². The van der Waals surface area contributed by atoms with Gasteiger partial charge < -0.3 is 15.6 Å². The molecule has 2 heterocycles. The quantitative estimate of drug-likeness (QED) is 0.657. The number of hydrogen-bond donors (Lipinski definition) is 3. The molecule has 2 rings (SSSR count). The number of aromatic nitrogens is 2. The summed E-state index contributed by atoms with van der Waals surface area (Å²) in [7, 11) is 0. The van der Waals surface area contributed by atoms with Gasteiger partial charge in [-0.3, -0.25) is 14.3 Å². The third-order valence-electron chi connectivity index (χ3n) is 3.41. The van der Waals surface area contributed by atoms with Crippen LogP contribution >= 0.6 is 0 Å². The molecule has 0 saturated carbocycles. The summed E-state index contributed by atoms with van der Waals surface area (Å²) < 4.78 is 69.5. The fraction of sp³-hybridized carbons (Fsp3) is 0.636. The van der Waals surface area contributed by atoms with Crippen molar-refractivity contribution in [3.8, 4) is 0 Å². The third-order valence-corrected chi connectivity index (χ3v) is 3.41. The molecule has 130 valence electrons. The third kappa shape index (κ3) is 3.01. The number of aromatic amines is 1. The van der Waals surface area contributed by atoms with Crippen LogP contribution in [0.5, 0.6) is 0 Å². The van der Waals surface area contributed by atoms with E-state index in [2.05, 4.69) is 0 Å². The molecule has 7 nitrogen and oxygen atoms in total. The van der Waals surface area contributed by atoms with Gasteiger partial charge >= 0.3 is 17.8 Å². The molecule has 0 spiro atoms. The summed E-state index contributed by atoms with van der Waals surface area (Å²) in [5, 5.41) is 9.60. The monoisotopic (exact) mass is 345 g/mol. The maximum Gasteiger partial charge on any atom is 0.458 e. The highest BCUT2D eigenvalue weighted by Gasteiger charge is 2.60. The van der Waals surface area contributed by atoms with E-state index in [1.165, 1.54) is 4.98 Å². The zero-order valence-corrected chi connectivity index (χ0v) is 11.3. The van der Waals surface area contributed by atoms with Gasteiger partial charge in [-0.1, -0.05) is 0 Å². The zero-order chi connectivity index (χ0) is 17.6. The van der Waals surface area contributed by atoms with Crippen LogP contribution in [0.15, 0.2) is 15.8 Å². The van der Waals surface area contributed by atoms with Gasteiger partial charge in [0, 0.05) is 19.2 Å². The predicted molar refractivity (Wildman–Crippen MR) is 64.9 cm³/mol. The summed E-state index contributed by atoms with van der Waals surface area (Å²) in [6, 6.07) is 0. The average Bonchev–Trinajstić information content (AvgIpc) is 2.78. The van der Waals surface area contributed by atoms with E-state index >= 15 is 0 Å². The van der Waals surface area contributed by atoms with E-state index in [9.17, 15) is 36.6 Å². The van der Waals surface area contributed by atoms with Gasteiger partial charge in [-0.15, -0.1) is 0 Å². The lowest BCUT2D eigenvalue weighted by molar-refractivity contribution is -0.290. The molecule has 0 aliphatic carbocycles. The summed E-state index contributed by atoms with van der Waals surface area (Å²) >= 11 is 0. The fourth-order valence-corrected chi connectivity index (χ4v) is 2.17. The molecule has 1 aliphatic rings. The summed E-state index contributed by atoms with van der Waals surface area (Å²) in [5.41, 5.74) is 0.236.